The van der Waals surface area contributed by atoms with Crippen LogP contribution in [0.2, 0.25) is 0 Å². The molecule has 2 rings (SSSR count). The van der Waals surface area contributed by atoms with Crippen LogP contribution >= 0.6 is 0 Å². The molecule has 0 aliphatic rings. The second-order valence-corrected chi connectivity index (χ2v) is 2.36. The number of fused-ring (bicyclic) bond motifs is 1. The minimum Gasteiger partial charge on any atom is -0.275 e. The Morgan fingerprint density at radius 1 is 1.00 bits per heavy atom. The third kappa shape index (κ3) is 3.21. The first-order valence-electron chi connectivity index (χ1n) is 5.25. The van der Waals surface area contributed by atoms with E-state index in [9.17, 15) is 0 Å². The number of hydrogen-bond acceptors (Lipinski definition) is 1. The Bertz CT molecular complexity index is 317. The molecule has 2 nitrogen and oxygen atoms in total. The number of benzene rings is 1. The summed E-state index contributed by atoms with van der Waals surface area (Å²) in [6, 6.07) is 8.08. The standard InChI is InChI=1S/C8H8N2.2C2H6/c1-10-6-7-4-2-3-5-8(7)9-10;2*1-2/h2-6H,1H3;2*1-2H3. The summed E-state index contributed by atoms with van der Waals surface area (Å²) >= 11 is 0. The van der Waals surface area contributed by atoms with E-state index < -0.39 is 0 Å². The normalized spacial score (nSPS) is 8.36. The van der Waals surface area contributed by atoms with Gasteiger partial charge < -0.3 is 0 Å². The van der Waals surface area contributed by atoms with Gasteiger partial charge in [0.2, 0.25) is 0 Å². The molecule has 0 atom stereocenters. The first-order chi connectivity index (χ1) is 6.86. The van der Waals surface area contributed by atoms with Crippen LogP contribution in [0.3, 0.4) is 0 Å². The molecule has 0 spiro atoms. The summed E-state index contributed by atoms with van der Waals surface area (Å²) < 4.78 is 1.82. The molecule has 0 amide bonds. The maximum absolute atomic E-state index is 4.23. The fourth-order valence-corrected chi connectivity index (χ4v) is 1.09. The minimum atomic E-state index is 1.06. The van der Waals surface area contributed by atoms with Gasteiger partial charge in [0, 0.05) is 18.6 Å². The lowest BCUT2D eigenvalue weighted by Gasteiger charge is -1.80. The highest BCUT2D eigenvalue weighted by Crippen LogP contribution is 2.08. The van der Waals surface area contributed by atoms with Crippen LogP contribution in [0.1, 0.15) is 27.7 Å². The fourth-order valence-electron chi connectivity index (χ4n) is 1.09. The molecule has 1 aromatic carbocycles. The van der Waals surface area contributed by atoms with Crippen molar-refractivity contribution in [1.82, 2.24) is 9.78 Å². The van der Waals surface area contributed by atoms with Crippen molar-refractivity contribution in [3.8, 4) is 0 Å². The van der Waals surface area contributed by atoms with Crippen molar-refractivity contribution in [1.29, 1.82) is 0 Å². The van der Waals surface area contributed by atoms with Crippen molar-refractivity contribution in [2.75, 3.05) is 0 Å². The Morgan fingerprint density at radius 2 is 1.57 bits per heavy atom. The van der Waals surface area contributed by atoms with Gasteiger partial charge in [-0.25, -0.2) is 0 Å². The van der Waals surface area contributed by atoms with E-state index in [2.05, 4.69) is 11.2 Å². The van der Waals surface area contributed by atoms with E-state index in [-0.39, 0.29) is 0 Å². The number of nitrogens with zero attached hydrogens (tertiary/aromatic N) is 2. The Kier molecular flexibility index (Phi) is 6.46. The average molecular weight is 192 g/mol. The average Bonchev–Trinajstić information content (AvgIpc) is 2.64. The van der Waals surface area contributed by atoms with E-state index in [1.807, 2.05) is 63.8 Å². The quantitative estimate of drug-likeness (QED) is 0.623. The van der Waals surface area contributed by atoms with E-state index in [1.165, 1.54) is 5.39 Å². The van der Waals surface area contributed by atoms with Gasteiger partial charge in [-0.3, -0.25) is 4.68 Å². The van der Waals surface area contributed by atoms with Crippen molar-refractivity contribution in [2.24, 2.45) is 7.05 Å². The van der Waals surface area contributed by atoms with Gasteiger partial charge in [0.1, 0.15) is 0 Å². The molecule has 0 fully saturated rings. The van der Waals surface area contributed by atoms with Crippen molar-refractivity contribution in [2.45, 2.75) is 27.7 Å². The van der Waals surface area contributed by atoms with Crippen molar-refractivity contribution >= 4 is 10.9 Å². The molecular formula is C12H20N2. The molecule has 1 heterocycles. The van der Waals surface area contributed by atoms with Crippen LogP contribution in [0.5, 0.6) is 0 Å². The SMILES string of the molecule is CC.CC.Cn1cc2ccccc2n1. The summed E-state index contributed by atoms with van der Waals surface area (Å²) in [7, 11) is 1.93. The highest BCUT2D eigenvalue weighted by Gasteiger charge is 1.92. The third-order valence-electron chi connectivity index (χ3n) is 1.53. The van der Waals surface area contributed by atoms with E-state index in [0.29, 0.717) is 0 Å². The van der Waals surface area contributed by atoms with Crippen LogP contribution < -0.4 is 0 Å². The van der Waals surface area contributed by atoms with Gasteiger partial charge in [-0.05, 0) is 6.07 Å². The molecule has 0 bridgehead atoms. The molecular weight excluding hydrogens is 172 g/mol. The van der Waals surface area contributed by atoms with Crippen LogP contribution in [-0.4, -0.2) is 9.78 Å². The molecule has 14 heavy (non-hydrogen) atoms. The molecule has 2 aromatic rings. The Labute approximate surface area is 86.6 Å². The molecule has 2 heteroatoms. The predicted molar refractivity (Wildman–Crippen MR) is 63.4 cm³/mol. The monoisotopic (exact) mass is 192 g/mol. The van der Waals surface area contributed by atoms with Crippen molar-refractivity contribution in [3.63, 3.8) is 0 Å². The van der Waals surface area contributed by atoms with Gasteiger partial charge in [-0.2, -0.15) is 5.10 Å². The molecule has 0 unspecified atom stereocenters. The van der Waals surface area contributed by atoms with E-state index in [1.54, 1.807) is 0 Å². The van der Waals surface area contributed by atoms with E-state index in [4.69, 9.17) is 0 Å². The predicted octanol–water partition coefficient (Wildman–Crippen LogP) is 3.63. The largest absolute Gasteiger partial charge is 0.275 e. The van der Waals surface area contributed by atoms with Gasteiger partial charge in [0.05, 0.1) is 5.52 Å². The zero-order valence-corrected chi connectivity index (χ0v) is 9.78. The Morgan fingerprint density at radius 3 is 2.14 bits per heavy atom. The van der Waals surface area contributed by atoms with Crippen LogP contribution in [0.4, 0.5) is 0 Å². The van der Waals surface area contributed by atoms with Crippen LogP contribution in [0.15, 0.2) is 30.5 Å². The summed E-state index contributed by atoms with van der Waals surface area (Å²) in [4.78, 5) is 0. The lowest BCUT2D eigenvalue weighted by molar-refractivity contribution is 0.780. The van der Waals surface area contributed by atoms with Gasteiger partial charge >= 0.3 is 0 Å². The number of rotatable bonds is 0. The molecule has 0 radical (unpaired) electrons. The summed E-state index contributed by atoms with van der Waals surface area (Å²) in [5, 5.41) is 5.43. The number of hydrogen-bond donors (Lipinski definition) is 0. The number of aromatic nitrogens is 2. The van der Waals surface area contributed by atoms with Gasteiger partial charge in [0.15, 0.2) is 0 Å². The molecule has 0 aliphatic carbocycles. The van der Waals surface area contributed by atoms with Crippen molar-refractivity contribution < 1.29 is 0 Å². The topological polar surface area (TPSA) is 17.8 Å². The second kappa shape index (κ2) is 7.13. The minimum absolute atomic E-state index is 1.06. The van der Waals surface area contributed by atoms with Crippen LogP contribution in [0, 0.1) is 0 Å². The zero-order chi connectivity index (χ0) is 11.0. The summed E-state index contributed by atoms with van der Waals surface area (Å²) in [6.45, 7) is 8.00. The summed E-state index contributed by atoms with van der Waals surface area (Å²) in [5.74, 6) is 0. The Balaban J connectivity index is 0.000000379. The first kappa shape index (κ1) is 12.7. The van der Waals surface area contributed by atoms with Crippen LogP contribution in [-0.2, 0) is 7.05 Å². The third-order valence-corrected chi connectivity index (χ3v) is 1.53. The van der Waals surface area contributed by atoms with Gasteiger partial charge in [0.25, 0.3) is 0 Å². The maximum Gasteiger partial charge on any atom is 0.0923 e. The molecule has 0 saturated carbocycles. The smallest absolute Gasteiger partial charge is 0.0923 e. The van der Waals surface area contributed by atoms with Crippen molar-refractivity contribution in [3.05, 3.63) is 30.5 Å². The molecule has 0 N–H and O–H groups in total. The molecule has 0 aliphatic heterocycles. The lowest BCUT2D eigenvalue weighted by atomic mass is 10.3. The van der Waals surface area contributed by atoms with E-state index >= 15 is 0 Å². The highest BCUT2D eigenvalue weighted by molar-refractivity contribution is 5.77. The second-order valence-electron chi connectivity index (χ2n) is 2.36. The highest BCUT2D eigenvalue weighted by atomic mass is 15.2. The van der Waals surface area contributed by atoms with E-state index in [0.717, 1.165) is 5.52 Å². The summed E-state index contributed by atoms with van der Waals surface area (Å²) in [5.41, 5.74) is 1.06. The van der Waals surface area contributed by atoms with Gasteiger partial charge in [-0.15, -0.1) is 0 Å². The fraction of sp³-hybridized carbons (Fsp3) is 0.417. The molecule has 78 valence electrons. The van der Waals surface area contributed by atoms with Crippen LogP contribution in [0.25, 0.3) is 10.9 Å². The first-order valence-corrected chi connectivity index (χ1v) is 5.25. The van der Waals surface area contributed by atoms with Gasteiger partial charge in [-0.1, -0.05) is 45.9 Å². The maximum atomic E-state index is 4.23. The number of aryl methyl sites for hydroxylation is 1. The summed E-state index contributed by atoms with van der Waals surface area (Å²) in [6.07, 6.45) is 2.01. The molecule has 0 saturated heterocycles. The zero-order valence-electron chi connectivity index (χ0n) is 9.78. The Hall–Kier alpha value is -1.31. The lowest BCUT2D eigenvalue weighted by Crippen LogP contribution is -1.84. The molecule has 1 aromatic heterocycles.